The van der Waals surface area contributed by atoms with Crippen LogP contribution in [0, 0.1) is 5.82 Å². The standard InChI is InChI=1S/C20H23FN2O3/c1-20(2,3)26-19(25)23-13-14-4-8-16(9-5-14)18(24)22-12-15-6-10-17(21)11-7-15/h4-11H,12-13H2,1-3H3,(H,22,24)(H,23,25). The van der Waals surface area contributed by atoms with Crippen molar-refractivity contribution in [2.45, 2.75) is 39.5 Å². The van der Waals surface area contributed by atoms with Crippen LogP contribution in [0.25, 0.3) is 0 Å². The van der Waals surface area contributed by atoms with Gasteiger partial charge in [-0.05, 0) is 56.2 Å². The van der Waals surface area contributed by atoms with Crippen molar-refractivity contribution in [3.8, 4) is 0 Å². The third-order valence-electron chi connectivity index (χ3n) is 3.42. The molecule has 0 aliphatic rings. The maximum atomic E-state index is 12.9. The maximum absolute atomic E-state index is 12.9. The molecule has 0 aromatic heterocycles. The highest BCUT2D eigenvalue weighted by molar-refractivity contribution is 5.94. The average Bonchev–Trinajstić information content (AvgIpc) is 2.58. The summed E-state index contributed by atoms with van der Waals surface area (Å²) in [6, 6.07) is 12.9. The second kappa shape index (κ2) is 8.47. The molecule has 0 saturated carbocycles. The van der Waals surface area contributed by atoms with E-state index in [-0.39, 0.29) is 11.7 Å². The Bertz CT molecular complexity index is 750. The van der Waals surface area contributed by atoms with E-state index >= 15 is 0 Å². The minimum atomic E-state index is -0.545. The topological polar surface area (TPSA) is 67.4 Å². The molecule has 0 atom stereocenters. The first-order valence-corrected chi connectivity index (χ1v) is 8.31. The molecule has 0 saturated heterocycles. The van der Waals surface area contributed by atoms with Crippen LogP contribution >= 0.6 is 0 Å². The van der Waals surface area contributed by atoms with Crippen molar-refractivity contribution in [1.82, 2.24) is 10.6 Å². The first-order valence-electron chi connectivity index (χ1n) is 8.31. The highest BCUT2D eigenvalue weighted by Crippen LogP contribution is 2.08. The predicted molar refractivity (Wildman–Crippen MR) is 97.1 cm³/mol. The van der Waals surface area contributed by atoms with E-state index in [1.54, 1.807) is 57.2 Å². The van der Waals surface area contributed by atoms with Gasteiger partial charge >= 0.3 is 6.09 Å². The summed E-state index contributed by atoms with van der Waals surface area (Å²) < 4.78 is 18.0. The second-order valence-electron chi connectivity index (χ2n) is 6.86. The molecule has 5 nitrogen and oxygen atoms in total. The molecule has 0 bridgehead atoms. The second-order valence-corrected chi connectivity index (χ2v) is 6.86. The van der Waals surface area contributed by atoms with Gasteiger partial charge in [0.1, 0.15) is 11.4 Å². The van der Waals surface area contributed by atoms with Gasteiger partial charge < -0.3 is 15.4 Å². The smallest absolute Gasteiger partial charge is 0.407 e. The summed E-state index contributed by atoms with van der Waals surface area (Å²) in [5, 5.41) is 5.44. The molecule has 0 heterocycles. The number of ether oxygens (including phenoxy) is 1. The number of rotatable bonds is 5. The van der Waals surface area contributed by atoms with E-state index in [2.05, 4.69) is 10.6 Å². The van der Waals surface area contributed by atoms with Gasteiger partial charge in [0.15, 0.2) is 0 Å². The minimum absolute atomic E-state index is 0.221. The molecule has 2 N–H and O–H groups in total. The fourth-order valence-corrected chi connectivity index (χ4v) is 2.15. The lowest BCUT2D eigenvalue weighted by atomic mass is 10.1. The molecule has 2 aromatic rings. The molecule has 6 heteroatoms. The average molecular weight is 358 g/mol. The molecule has 0 radical (unpaired) electrons. The van der Waals surface area contributed by atoms with Crippen molar-refractivity contribution < 1.29 is 18.7 Å². The molecule has 2 rings (SSSR count). The van der Waals surface area contributed by atoms with E-state index in [1.165, 1.54) is 12.1 Å². The van der Waals surface area contributed by atoms with Crippen LogP contribution in [0.4, 0.5) is 9.18 Å². The zero-order valence-corrected chi connectivity index (χ0v) is 15.1. The highest BCUT2D eigenvalue weighted by atomic mass is 19.1. The van der Waals surface area contributed by atoms with E-state index < -0.39 is 11.7 Å². The SMILES string of the molecule is CC(C)(C)OC(=O)NCc1ccc(C(=O)NCc2ccc(F)cc2)cc1. The first-order chi connectivity index (χ1) is 12.2. The number of nitrogens with one attached hydrogen (secondary N) is 2. The van der Waals surface area contributed by atoms with Crippen LogP contribution in [0.5, 0.6) is 0 Å². The van der Waals surface area contributed by atoms with Gasteiger partial charge in [-0.2, -0.15) is 0 Å². The van der Waals surface area contributed by atoms with E-state index in [9.17, 15) is 14.0 Å². The fraction of sp³-hybridized carbons (Fsp3) is 0.300. The largest absolute Gasteiger partial charge is 0.444 e. The van der Waals surface area contributed by atoms with Crippen molar-refractivity contribution in [3.05, 3.63) is 71.0 Å². The third-order valence-corrected chi connectivity index (χ3v) is 3.42. The number of carbonyl (C=O) groups excluding carboxylic acids is 2. The molecule has 0 aliphatic carbocycles. The summed E-state index contributed by atoms with van der Waals surface area (Å²) in [7, 11) is 0. The van der Waals surface area contributed by atoms with Gasteiger partial charge in [-0.25, -0.2) is 9.18 Å². The summed E-state index contributed by atoms with van der Waals surface area (Å²) in [5.41, 5.74) is 1.63. The molecular formula is C20H23FN2O3. The summed E-state index contributed by atoms with van der Waals surface area (Å²) in [5.74, 6) is -0.531. The summed E-state index contributed by atoms with van der Waals surface area (Å²) >= 11 is 0. The maximum Gasteiger partial charge on any atom is 0.407 e. The van der Waals surface area contributed by atoms with Crippen molar-refractivity contribution >= 4 is 12.0 Å². The molecule has 0 unspecified atom stereocenters. The molecule has 0 spiro atoms. The number of hydrogen-bond acceptors (Lipinski definition) is 3. The van der Waals surface area contributed by atoms with Crippen molar-refractivity contribution in [3.63, 3.8) is 0 Å². The zero-order valence-electron chi connectivity index (χ0n) is 15.1. The lowest BCUT2D eigenvalue weighted by Crippen LogP contribution is -2.32. The number of alkyl carbamates (subject to hydrolysis) is 1. The molecular weight excluding hydrogens is 335 g/mol. The van der Waals surface area contributed by atoms with Gasteiger partial charge in [0, 0.05) is 18.7 Å². The van der Waals surface area contributed by atoms with E-state index in [0.29, 0.717) is 18.7 Å². The number of amides is 2. The monoisotopic (exact) mass is 358 g/mol. The van der Waals surface area contributed by atoms with Gasteiger partial charge in [0.25, 0.3) is 5.91 Å². The Labute approximate surface area is 152 Å². The van der Waals surface area contributed by atoms with E-state index in [0.717, 1.165) is 11.1 Å². The summed E-state index contributed by atoms with van der Waals surface area (Å²) in [4.78, 5) is 23.8. The highest BCUT2D eigenvalue weighted by Gasteiger charge is 2.15. The molecule has 138 valence electrons. The Hall–Kier alpha value is -2.89. The first kappa shape index (κ1) is 19.4. The van der Waals surface area contributed by atoms with Crippen LogP contribution in [0.3, 0.4) is 0 Å². The summed E-state index contributed by atoms with van der Waals surface area (Å²) in [6.45, 7) is 6.03. The van der Waals surface area contributed by atoms with Crippen LogP contribution in [0.15, 0.2) is 48.5 Å². The number of carbonyl (C=O) groups is 2. The lowest BCUT2D eigenvalue weighted by Gasteiger charge is -2.19. The Morgan fingerprint density at radius 3 is 1.92 bits per heavy atom. The van der Waals surface area contributed by atoms with E-state index in [4.69, 9.17) is 4.74 Å². The number of benzene rings is 2. The minimum Gasteiger partial charge on any atom is -0.444 e. The third kappa shape index (κ3) is 6.55. The van der Waals surface area contributed by atoms with E-state index in [1.807, 2.05) is 0 Å². The van der Waals surface area contributed by atoms with Crippen LogP contribution in [-0.2, 0) is 17.8 Å². The molecule has 2 amide bonds. The van der Waals surface area contributed by atoms with Crippen LogP contribution in [-0.4, -0.2) is 17.6 Å². The Morgan fingerprint density at radius 2 is 1.38 bits per heavy atom. The Kier molecular flexibility index (Phi) is 6.33. The Morgan fingerprint density at radius 1 is 0.885 bits per heavy atom. The number of hydrogen-bond donors (Lipinski definition) is 2. The quantitative estimate of drug-likeness (QED) is 0.855. The van der Waals surface area contributed by atoms with Gasteiger partial charge in [0.05, 0.1) is 0 Å². The summed E-state index contributed by atoms with van der Waals surface area (Å²) in [6.07, 6.45) is -0.487. The zero-order chi connectivity index (χ0) is 19.2. The molecule has 0 fully saturated rings. The van der Waals surface area contributed by atoms with Gasteiger partial charge in [0.2, 0.25) is 0 Å². The fourth-order valence-electron chi connectivity index (χ4n) is 2.15. The predicted octanol–water partition coefficient (Wildman–Crippen LogP) is 3.78. The van der Waals surface area contributed by atoms with Gasteiger partial charge in [-0.3, -0.25) is 4.79 Å². The Balaban J connectivity index is 1.83. The van der Waals surface area contributed by atoms with Crippen LogP contribution in [0.2, 0.25) is 0 Å². The van der Waals surface area contributed by atoms with Gasteiger partial charge in [-0.1, -0.05) is 24.3 Å². The number of halogens is 1. The van der Waals surface area contributed by atoms with Gasteiger partial charge in [-0.15, -0.1) is 0 Å². The molecule has 26 heavy (non-hydrogen) atoms. The van der Waals surface area contributed by atoms with Crippen LogP contribution < -0.4 is 10.6 Å². The van der Waals surface area contributed by atoms with Crippen molar-refractivity contribution in [2.75, 3.05) is 0 Å². The normalized spacial score (nSPS) is 10.9. The molecule has 0 aliphatic heterocycles. The molecule has 2 aromatic carbocycles. The lowest BCUT2D eigenvalue weighted by molar-refractivity contribution is 0.0523. The van der Waals surface area contributed by atoms with Crippen LogP contribution in [0.1, 0.15) is 42.3 Å². The van der Waals surface area contributed by atoms with Crippen molar-refractivity contribution in [2.24, 2.45) is 0 Å². The van der Waals surface area contributed by atoms with Crippen molar-refractivity contribution in [1.29, 1.82) is 0 Å².